The molecule has 0 radical (unpaired) electrons. The van der Waals surface area contributed by atoms with E-state index in [1.54, 1.807) is 0 Å². The molecular formula is C20H26N4. The summed E-state index contributed by atoms with van der Waals surface area (Å²) < 4.78 is 0. The summed E-state index contributed by atoms with van der Waals surface area (Å²) in [5.41, 5.74) is 3.90. The van der Waals surface area contributed by atoms with Crippen LogP contribution < -0.4 is 10.2 Å². The van der Waals surface area contributed by atoms with Crippen LogP contribution in [0.2, 0.25) is 0 Å². The lowest BCUT2D eigenvalue weighted by Crippen LogP contribution is -2.32. The number of anilines is 2. The van der Waals surface area contributed by atoms with E-state index in [0.717, 1.165) is 37.0 Å². The van der Waals surface area contributed by atoms with Gasteiger partial charge in [0.05, 0.1) is 0 Å². The first kappa shape index (κ1) is 15.4. The number of aryl methyl sites for hydroxylation is 1. The van der Waals surface area contributed by atoms with Gasteiger partial charge < -0.3 is 10.2 Å². The fraction of sp³-hybridized carbons (Fsp3) is 0.500. The quantitative estimate of drug-likeness (QED) is 0.924. The smallest absolute Gasteiger partial charge is 0.227 e. The summed E-state index contributed by atoms with van der Waals surface area (Å²) in [5, 5.41) is 3.64. The Balaban J connectivity index is 1.53. The van der Waals surface area contributed by atoms with Gasteiger partial charge in [-0.15, -0.1) is 0 Å². The van der Waals surface area contributed by atoms with Crippen molar-refractivity contribution in [2.24, 2.45) is 0 Å². The fourth-order valence-electron chi connectivity index (χ4n) is 3.89. The molecule has 1 aromatic carbocycles. The first-order valence-corrected chi connectivity index (χ1v) is 9.22. The van der Waals surface area contributed by atoms with Gasteiger partial charge in [0.1, 0.15) is 5.82 Å². The molecule has 4 rings (SSSR count). The van der Waals surface area contributed by atoms with E-state index in [0.29, 0.717) is 6.04 Å². The number of hydrogen-bond acceptors (Lipinski definition) is 4. The van der Waals surface area contributed by atoms with Gasteiger partial charge in [0, 0.05) is 30.9 Å². The number of fused-ring (bicyclic) bond motifs is 1. The Bertz CT molecular complexity index is 707. The van der Waals surface area contributed by atoms with Crippen molar-refractivity contribution in [3.63, 3.8) is 0 Å². The van der Waals surface area contributed by atoms with E-state index in [2.05, 4.69) is 47.5 Å². The summed E-state index contributed by atoms with van der Waals surface area (Å²) in [7, 11) is 0. The number of nitrogens with one attached hydrogen (secondary N) is 1. The molecular weight excluding hydrogens is 296 g/mol. The molecule has 2 heterocycles. The summed E-state index contributed by atoms with van der Waals surface area (Å²) in [5.74, 6) is 1.85. The van der Waals surface area contributed by atoms with E-state index >= 15 is 0 Å². The van der Waals surface area contributed by atoms with Crippen LogP contribution in [0.1, 0.15) is 48.9 Å². The van der Waals surface area contributed by atoms with Crippen molar-refractivity contribution in [3.05, 3.63) is 47.2 Å². The summed E-state index contributed by atoms with van der Waals surface area (Å²) in [6.07, 6.45) is 7.62. The van der Waals surface area contributed by atoms with E-state index in [1.165, 1.54) is 43.2 Å². The molecule has 24 heavy (non-hydrogen) atoms. The Morgan fingerprint density at radius 1 is 1.04 bits per heavy atom. The molecule has 0 atom stereocenters. The predicted molar refractivity (Wildman–Crippen MR) is 98.5 cm³/mol. The number of benzene rings is 1. The summed E-state index contributed by atoms with van der Waals surface area (Å²) in [4.78, 5) is 11.8. The maximum Gasteiger partial charge on any atom is 0.227 e. The molecule has 4 nitrogen and oxygen atoms in total. The van der Waals surface area contributed by atoms with Gasteiger partial charge in [-0.25, -0.2) is 4.98 Å². The van der Waals surface area contributed by atoms with E-state index in [-0.39, 0.29) is 0 Å². The minimum absolute atomic E-state index is 0.572. The van der Waals surface area contributed by atoms with Gasteiger partial charge in [-0.3, -0.25) is 0 Å². The van der Waals surface area contributed by atoms with Crippen LogP contribution in [0, 0.1) is 6.92 Å². The molecule has 0 bridgehead atoms. The highest BCUT2D eigenvalue weighted by Gasteiger charge is 2.20. The average molecular weight is 322 g/mol. The van der Waals surface area contributed by atoms with Crippen molar-refractivity contribution in [1.82, 2.24) is 9.97 Å². The Morgan fingerprint density at radius 2 is 1.83 bits per heavy atom. The number of aromatic nitrogens is 2. The predicted octanol–water partition coefficient (Wildman–Crippen LogP) is 4.09. The van der Waals surface area contributed by atoms with E-state index in [1.807, 2.05) is 0 Å². The molecule has 1 saturated carbocycles. The minimum atomic E-state index is 0.572. The highest BCUT2D eigenvalue weighted by molar-refractivity contribution is 5.46. The minimum Gasteiger partial charge on any atom is -0.367 e. The normalized spacial score (nSPS) is 18.3. The standard InChI is InChI=1S/C20H26N4/c1-15-13-19(22-18-9-3-2-4-10-18)23-20(21-15)24-12-11-16-7-5-6-8-17(16)14-24/h5-8,13,18H,2-4,9-12,14H2,1H3,(H,21,22,23). The van der Waals surface area contributed by atoms with Crippen molar-refractivity contribution >= 4 is 11.8 Å². The summed E-state index contributed by atoms with van der Waals surface area (Å²) in [6, 6.07) is 11.4. The molecule has 1 aliphatic heterocycles. The monoisotopic (exact) mass is 322 g/mol. The molecule has 2 aliphatic rings. The Labute approximate surface area is 144 Å². The third kappa shape index (κ3) is 3.37. The topological polar surface area (TPSA) is 41.1 Å². The molecule has 4 heteroatoms. The molecule has 0 spiro atoms. The van der Waals surface area contributed by atoms with Crippen molar-refractivity contribution in [3.8, 4) is 0 Å². The number of rotatable bonds is 3. The van der Waals surface area contributed by atoms with Gasteiger partial charge in [0.2, 0.25) is 5.95 Å². The third-order valence-electron chi connectivity index (χ3n) is 5.21. The van der Waals surface area contributed by atoms with E-state index < -0.39 is 0 Å². The van der Waals surface area contributed by atoms with Crippen molar-refractivity contribution < 1.29 is 0 Å². The second-order valence-electron chi connectivity index (χ2n) is 7.11. The molecule has 0 amide bonds. The van der Waals surface area contributed by atoms with Crippen LogP contribution in [0.5, 0.6) is 0 Å². The van der Waals surface area contributed by atoms with Crippen molar-refractivity contribution in [2.45, 2.75) is 58.0 Å². The van der Waals surface area contributed by atoms with Gasteiger partial charge in [0.25, 0.3) is 0 Å². The molecule has 2 aromatic rings. The third-order valence-corrected chi connectivity index (χ3v) is 5.21. The van der Waals surface area contributed by atoms with E-state index in [4.69, 9.17) is 9.97 Å². The van der Waals surface area contributed by atoms with Crippen LogP contribution >= 0.6 is 0 Å². The van der Waals surface area contributed by atoms with Gasteiger partial charge in [-0.1, -0.05) is 43.5 Å². The van der Waals surface area contributed by atoms with Gasteiger partial charge in [-0.05, 0) is 37.3 Å². The maximum absolute atomic E-state index is 4.83. The number of hydrogen-bond donors (Lipinski definition) is 1. The van der Waals surface area contributed by atoms with Crippen molar-refractivity contribution in [2.75, 3.05) is 16.8 Å². The van der Waals surface area contributed by atoms with Crippen LogP contribution in [0.3, 0.4) is 0 Å². The zero-order valence-corrected chi connectivity index (χ0v) is 14.5. The van der Waals surface area contributed by atoms with Gasteiger partial charge in [0.15, 0.2) is 0 Å². The van der Waals surface area contributed by atoms with Crippen LogP contribution in [-0.2, 0) is 13.0 Å². The highest BCUT2D eigenvalue weighted by Crippen LogP contribution is 2.25. The summed E-state index contributed by atoms with van der Waals surface area (Å²) >= 11 is 0. The average Bonchev–Trinajstić information content (AvgIpc) is 2.62. The Kier molecular flexibility index (Phi) is 4.37. The largest absolute Gasteiger partial charge is 0.367 e. The zero-order chi connectivity index (χ0) is 16.4. The zero-order valence-electron chi connectivity index (χ0n) is 14.5. The molecule has 1 aromatic heterocycles. The molecule has 1 aliphatic carbocycles. The molecule has 1 N–H and O–H groups in total. The fourth-order valence-corrected chi connectivity index (χ4v) is 3.89. The molecule has 0 unspecified atom stereocenters. The van der Waals surface area contributed by atoms with Crippen LogP contribution in [0.15, 0.2) is 30.3 Å². The second-order valence-corrected chi connectivity index (χ2v) is 7.11. The number of nitrogens with zero attached hydrogens (tertiary/aromatic N) is 3. The Hall–Kier alpha value is -2.10. The van der Waals surface area contributed by atoms with Crippen LogP contribution in [0.4, 0.5) is 11.8 Å². The summed E-state index contributed by atoms with van der Waals surface area (Å²) in [6.45, 7) is 3.96. The Morgan fingerprint density at radius 3 is 2.67 bits per heavy atom. The van der Waals surface area contributed by atoms with Gasteiger partial charge >= 0.3 is 0 Å². The first-order valence-electron chi connectivity index (χ1n) is 9.22. The SMILES string of the molecule is Cc1cc(NC2CCCCC2)nc(N2CCc3ccccc3C2)n1. The highest BCUT2D eigenvalue weighted by atomic mass is 15.3. The second kappa shape index (κ2) is 6.80. The molecule has 126 valence electrons. The lowest BCUT2D eigenvalue weighted by atomic mass is 9.95. The van der Waals surface area contributed by atoms with Crippen molar-refractivity contribution in [1.29, 1.82) is 0 Å². The lowest BCUT2D eigenvalue weighted by Gasteiger charge is -2.30. The maximum atomic E-state index is 4.83. The van der Waals surface area contributed by atoms with Crippen LogP contribution in [-0.4, -0.2) is 22.6 Å². The van der Waals surface area contributed by atoms with Gasteiger partial charge in [-0.2, -0.15) is 4.98 Å². The lowest BCUT2D eigenvalue weighted by molar-refractivity contribution is 0.461. The van der Waals surface area contributed by atoms with Crippen LogP contribution in [0.25, 0.3) is 0 Å². The first-order chi connectivity index (χ1) is 11.8. The molecule has 0 saturated heterocycles. The van der Waals surface area contributed by atoms with E-state index in [9.17, 15) is 0 Å². The molecule has 1 fully saturated rings.